The van der Waals surface area contributed by atoms with E-state index in [2.05, 4.69) is 32.4 Å². The summed E-state index contributed by atoms with van der Waals surface area (Å²) in [5, 5.41) is 12.2. The molecule has 8 nitrogen and oxygen atoms in total. The van der Waals surface area contributed by atoms with Gasteiger partial charge in [-0.15, -0.1) is 8.58 Å². The van der Waals surface area contributed by atoms with Crippen LogP contribution in [0.3, 0.4) is 0 Å². The number of rotatable bonds is 3. The predicted molar refractivity (Wildman–Crippen MR) is 101 cm³/mol. The van der Waals surface area contributed by atoms with Crippen molar-refractivity contribution in [3.05, 3.63) is 28.2 Å². The van der Waals surface area contributed by atoms with Gasteiger partial charge in [-0.1, -0.05) is 0 Å². The van der Waals surface area contributed by atoms with Gasteiger partial charge in [-0.2, -0.15) is 10.2 Å². The lowest BCUT2D eigenvalue weighted by atomic mass is 10.3. The minimum Gasteiger partial charge on any atom is -0.351 e. The van der Waals surface area contributed by atoms with Gasteiger partial charge in [0, 0.05) is 45.1 Å². The van der Waals surface area contributed by atoms with Crippen molar-refractivity contribution in [2.75, 3.05) is 42.8 Å². The van der Waals surface area contributed by atoms with Gasteiger partial charge in [-0.25, -0.2) is 4.68 Å². The average Bonchev–Trinajstić information content (AvgIpc) is 3.01. The van der Waals surface area contributed by atoms with E-state index in [1.807, 2.05) is 16.8 Å². The SMILES string of the molecule is CN1CCn2nc(Nc3cc(N4CCCPC4)nn(C)c3=O)cc2C1. The lowest BCUT2D eigenvalue weighted by molar-refractivity contribution is 0.259. The third kappa shape index (κ3) is 3.41. The zero-order chi connectivity index (χ0) is 17.4. The molecule has 4 rings (SSSR count). The van der Waals surface area contributed by atoms with E-state index in [9.17, 15) is 4.79 Å². The summed E-state index contributed by atoms with van der Waals surface area (Å²) in [6, 6.07) is 3.89. The molecule has 0 saturated carbocycles. The van der Waals surface area contributed by atoms with Gasteiger partial charge in [0.05, 0.1) is 12.2 Å². The van der Waals surface area contributed by atoms with Gasteiger partial charge >= 0.3 is 0 Å². The predicted octanol–water partition coefficient (Wildman–Crippen LogP) is 1.01. The molecule has 134 valence electrons. The summed E-state index contributed by atoms with van der Waals surface area (Å²) in [5.41, 5.74) is 1.57. The molecule has 25 heavy (non-hydrogen) atoms. The molecule has 1 atom stereocenters. The van der Waals surface area contributed by atoms with Crippen molar-refractivity contribution in [1.82, 2.24) is 24.5 Å². The average molecular weight is 361 g/mol. The first kappa shape index (κ1) is 16.5. The lowest BCUT2D eigenvalue weighted by Crippen LogP contribution is -2.32. The van der Waals surface area contributed by atoms with Gasteiger partial charge in [-0.05, 0) is 19.6 Å². The molecule has 0 radical (unpaired) electrons. The van der Waals surface area contributed by atoms with Crippen LogP contribution in [0.5, 0.6) is 0 Å². The van der Waals surface area contributed by atoms with Crippen molar-refractivity contribution >= 4 is 25.9 Å². The van der Waals surface area contributed by atoms with Crippen LogP contribution in [0.15, 0.2) is 16.9 Å². The van der Waals surface area contributed by atoms with Crippen LogP contribution in [0.1, 0.15) is 12.1 Å². The van der Waals surface area contributed by atoms with Crippen LogP contribution in [0.4, 0.5) is 17.3 Å². The fraction of sp³-hybridized carbons (Fsp3) is 0.562. The minimum absolute atomic E-state index is 0.133. The number of aromatic nitrogens is 4. The maximum Gasteiger partial charge on any atom is 0.290 e. The first-order valence-corrected chi connectivity index (χ1v) is 10.1. The molecule has 9 heteroatoms. The molecule has 2 aliphatic heterocycles. The van der Waals surface area contributed by atoms with Crippen molar-refractivity contribution in [2.45, 2.75) is 19.5 Å². The fourth-order valence-corrected chi connectivity index (χ4v) is 4.47. The van der Waals surface area contributed by atoms with Crippen LogP contribution in [0.2, 0.25) is 0 Å². The van der Waals surface area contributed by atoms with Crippen LogP contribution < -0.4 is 15.8 Å². The number of aryl methyl sites for hydroxylation is 1. The monoisotopic (exact) mass is 361 g/mol. The highest BCUT2D eigenvalue weighted by atomic mass is 31.1. The molecule has 1 fully saturated rings. The summed E-state index contributed by atoms with van der Waals surface area (Å²) in [7, 11) is 4.75. The zero-order valence-electron chi connectivity index (χ0n) is 14.7. The molecule has 1 saturated heterocycles. The van der Waals surface area contributed by atoms with Gasteiger partial charge in [0.25, 0.3) is 5.56 Å². The van der Waals surface area contributed by atoms with Gasteiger partial charge in [0.1, 0.15) is 5.69 Å². The molecule has 0 spiro atoms. The highest BCUT2D eigenvalue weighted by Crippen LogP contribution is 2.26. The first-order chi connectivity index (χ1) is 12.1. The molecule has 0 aliphatic carbocycles. The number of hydrogen-bond acceptors (Lipinski definition) is 6. The Bertz CT molecular complexity index is 824. The number of hydrogen-bond donors (Lipinski definition) is 1. The van der Waals surface area contributed by atoms with Crippen molar-refractivity contribution in [1.29, 1.82) is 0 Å². The highest BCUT2D eigenvalue weighted by molar-refractivity contribution is 7.38. The van der Waals surface area contributed by atoms with Crippen LogP contribution in [0, 0.1) is 0 Å². The number of likely N-dealkylation sites (N-methyl/N-ethyl adjacent to an activating group) is 1. The summed E-state index contributed by atoms with van der Waals surface area (Å²) < 4.78 is 3.43. The Kier molecular flexibility index (Phi) is 4.48. The number of nitrogens with one attached hydrogen (secondary N) is 1. The van der Waals surface area contributed by atoms with E-state index in [0.29, 0.717) is 5.69 Å². The second kappa shape index (κ2) is 6.77. The second-order valence-corrected chi connectivity index (χ2v) is 8.04. The summed E-state index contributed by atoms with van der Waals surface area (Å²) in [6.45, 7) is 3.75. The summed E-state index contributed by atoms with van der Waals surface area (Å²) in [4.78, 5) is 17.0. The normalized spacial score (nSPS) is 19.2. The maximum atomic E-state index is 12.5. The molecule has 2 aromatic heterocycles. The maximum absolute atomic E-state index is 12.5. The molecule has 0 amide bonds. The molecule has 2 aromatic rings. The topological polar surface area (TPSA) is 71.2 Å². The molecule has 4 heterocycles. The Morgan fingerprint density at radius 2 is 2.04 bits per heavy atom. The van der Waals surface area contributed by atoms with Crippen LogP contribution in [0.25, 0.3) is 0 Å². The summed E-state index contributed by atoms with van der Waals surface area (Å²) in [5.74, 6) is 1.58. The molecule has 2 aliphatic rings. The Morgan fingerprint density at radius 3 is 2.84 bits per heavy atom. The molecule has 1 unspecified atom stereocenters. The number of nitrogens with zero attached hydrogens (tertiary/aromatic N) is 6. The van der Waals surface area contributed by atoms with Crippen molar-refractivity contribution in [2.24, 2.45) is 7.05 Å². The molecule has 0 bridgehead atoms. The fourth-order valence-electron chi connectivity index (χ4n) is 3.32. The smallest absolute Gasteiger partial charge is 0.290 e. The number of anilines is 3. The molecular formula is C16H24N7OP. The van der Waals surface area contributed by atoms with E-state index in [0.717, 1.165) is 52.7 Å². The van der Waals surface area contributed by atoms with E-state index in [4.69, 9.17) is 0 Å². The Labute approximate surface area is 148 Å². The van der Waals surface area contributed by atoms with Gasteiger partial charge in [0.15, 0.2) is 11.6 Å². The van der Waals surface area contributed by atoms with E-state index in [1.54, 1.807) is 7.05 Å². The first-order valence-electron chi connectivity index (χ1n) is 8.66. The molecular weight excluding hydrogens is 337 g/mol. The standard InChI is InChI=1S/C16H24N7OP/c1-20-5-6-23-12(10-20)8-14(18-23)17-13-9-15(19-21(2)16(13)24)22-4-3-7-25-11-22/h8-9,25H,3-7,10-11H2,1-2H3,(H,17,18). The largest absolute Gasteiger partial charge is 0.351 e. The quantitative estimate of drug-likeness (QED) is 0.823. The van der Waals surface area contributed by atoms with Gasteiger partial charge in [-0.3, -0.25) is 14.4 Å². The lowest BCUT2D eigenvalue weighted by Gasteiger charge is -2.28. The third-order valence-electron chi connectivity index (χ3n) is 4.71. The zero-order valence-corrected chi connectivity index (χ0v) is 15.7. The van der Waals surface area contributed by atoms with Crippen molar-refractivity contribution < 1.29 is 0 Å². The van der Waals surface area contributed by atoms with Crippen molar-refractivity contribution in [3.63, 3.8) is 0 Å². The Balaban J connectivity index is 1.61. The van der Waals surface area contributed by atoms with Gasteiger partial charge in [0.2, 0.25) is 0 Å². The van der Waals surface area contributed by atoms with E-state index < -0.39 is 0 Å². The van der Waals surface area contributed by atoms with Crippen LogP contribution in [-0.4, -0.2) is 57.0 Å². The van der Waals surface area contributed by atoms with E-state index >= 15 is 0 Å². The molecule has 1 N–H and O–H groups in total. The van der Waals surface area contributed by atoms with Crippen LogP contribution in [-0.2, 0) is 20.1 Å². The van der Waals surface area contributed by atoms with Crippen molar-refractivity contribution in [3.8, 4) is 0 Å². The van der Waals surface area contributed by atoms with Crippen LogP contribution >= 0.6 is 8.58 Å². The highest BCUT2D eigenvalue weighted by Gasteiger charge is 2.18. The summed E-state index contributed by atoms with van der Waals surface area (Å²) >= 11 is 0. The summed E-state index contributed by atoms with van der Waals surface area (Å²) in [6.07, 6.45) is 3.50. The number of fused-ring (bicyclic) bond motifs is 1. The second-order valence-electron chi connectivity index (χ2n) is 6.73. The molecule has 0 aromatic carbocycles. The minimum atomic E-state index is -0.133. The van der Waals surface area contributed by atoms with E-state index in [-0.39, 0.29) is 5.56 Å². The third-order valence-corrected chi connectivity index (χ3v) is 6.02. The Hall–Kier alpha value is -1.92. The Morgan fingerprint density at radius 1 is 1.16 bits per heavy atom. The van der Waals surface area contributed by atoms with Gasteiger partial charge < -0.3 is 10.2 Å². The van der Waals surface area contributed by atoms with E-state index in [1.165, 1.54) is 23.0 Å².